The summed E-state index contributed by atoms with van der Waals surface area (Å²) in [5.74, 6) is -1.52. The summed E-state index contributed by atoms with van der Waals surface area (Å²) in [5, 5.41) is 4.75. The Bertz CT molecular complexity index is 1080. The molecule has 8 nitrogen and oxygen atoms in total. The second kappa shape index (κ2) is 8.61. The molecule has 168 valence electrons. The number of likely N-dealkylation sites (tertiary alicyclic amines) is 1. The Labute approximate surface area is 186 Å². The van der Waals surface area contributed by atoms with Crippen LogP contribution in [0.4, 0.5) is 4.79 Å². The van der Waals surface area contributed by atoms with Gasteiger partial charge in [0.05, 0.1) is 12.5 Å². The first kappa shape index (κ1) is 21.8. The van der Waals surface area contributed by atoms with Gasteiger partial charge in [0.1, 0.15) is 12.1 Å². The number of rotatable bonds is 5. The van der Waals surface area contributed by atoms with E-state index in [-0.39, 0.29) is 30.9 Å². The first-order valence-electron chi connectivity index (χ1n) is 10.9. The van der Waals surface area contributed by atoms with Crippen LogP contribution in [-0.2, 0) is 24.7 Å². The van der Waals surface area contributed by atoms with Gasteiger partial charge in [0.25, 0.3) is 5.91 Å². The summed E-state index contributed by atoms with van der Waals surface area (Å²) in [5.41, 5.74) is -0.596. The van der Waals surface area contributed by atoms with Crippen molar-refractivity contribution in [2.45, 2.75) is 32.2 Å². The molecule has 4 amide bonds. The Kier molecular flexibility index (Phi) is 5.86. The number of carbonyl (C=O) groups excluding carboxylic acids is 4. The van der Waals surface area contributed by atoms with E-state index in [1.807, 2.05) is 42.5 Å². The van der Waals surface area contributed by atoms with Crippen molar-refractivity contribution in [3.63, 3.8) is 0 Å². The Hall–Kier alpha value is -3.42. The van der Waals surface area contributed by atoms with Crippen molar-refractivity contribution in [3.8, 4) is 0 Å². The Balaban J connectivity index is 1.48. The smallest absolute Gasteiger partial charge is 0.325 e. The molecular weight excluding hydrogens is 410 g/mol. The van der Waals surface area contributed by atoms with Crippen LogP contribution >= 0.6 is 0 Å². The lowest BCUT2D eigenvalue weighted by atomic mass is 9.90. The number of benzene rings is 2. The number of amides is 4. The predicted molar refractivity (Wildman–Crippen MR) is 117 cm³/mol. The van der Waals surface area contributed by atoms with E-state index in [2.05, 4.69) is 5.32 Å². The third-order valence-electron chi connectivity index (χ3n) is 6.29. The van der Waals surface area contributed by atoms with Crippen molar-refractivity contribution in [2.75, 3.05) is 26.2 Å². The number of ether oxygens (including phenoxy) is 1. The minimum absolute atomic E-state index is 0.239. The molecule has 2 saturated heterocycles. The highest BCUT2D eigenvalue weighted by Crippen LogP contribution is 2.31. The first-order chi connectivity index (χ1) is 15.3. The number of hydrogen-bond donors (Lipinski definition) is 1. The quantitative estimate of drug-likeness (QED) is 0.573. The summed E-state index contributed by atoms with van der Waals surface area (Å²) in [6.45, 7) is 4.05. The Morgan fingerprint density at radius 3 is 2.66 bits per heavy atom. The maximum absolute atomic E-state index is 13.2. The molecule has 0 spiro atoms. The van der Waals surface area contributed by atoms with Crippen LogP contribution in [0.2, 0.25) is 0 Å². The highest BCUT2D eigenvalue weighted by molar-refractivity contribution is 6.09. The second-order valence-electron chi connectivity index (χ2n) is 8.44. The molecule has 0 aromatic heterocycles. The van der Waals surface area contributed by atoms with Crippen LogP contribution in [0.5, 0.6) is 0 Å². The topological polar surface area (TPSA) is 96.0 Å². The monoisotopic (exact) mass is 437 g/mol. The van der Waals surface area contributed by atoms with Gasteiger partial charge in [-0.15, -0.1) is 0 Å². The van der Waals surface area contributed by atoms with Gasteiger partial charge in [-0.2, -0.15) is 0 Å². The second-order valence-corrected chi connectivity index (χ2v) is 8.44. The molecule has 1 N–H and O–H groups in total. The average Bonchev–Trinajstić information content (AvgIpc) is 3.02. The number of carbonyl (C=O) groups is 4. The molecule has 4 rings (SSSR count). The van der Waals surface area contributed by atoms with Crippen LogP contribution in [0.15, 0.2) is 42.5 Å². The van der Waals surface area contributed by atoms with Crippen LogP contribution in [0.1, 0.15) is 32.3 Å². The van der Waals surface area contributed by atoms with Gasteiger partial charge in [-0.1, -0.05) is 36.4 Å². The molecular formula is C24H27N3O5. The molecule has 2 fully saturated rings. The molecule has 8 heteroatoms. The Morgan fingerprint density at radius 1 is 1.16 bits per heavy atom. The lowest BCUT2D eigenvalue weighted by Crippen LogP contribution is -2.48. The van der Waals surface area contributed by atoms with Crippen molar-refractivity contribution in [2.24, 2.45) is 5.92 Å². The van der Waals surface area contributed by atoms with E-state index < -0.39 is 17.5 Å². The van der Waals surface area contributed by atoms with E-state index in [4.69, 9.17) is 4.74 Å². The minimum Gasteiger partial charge on any atom is -0.466 e. The molecule has 2 aromatic carbocycles. The predicted octanol–water partition coefficient (Wildman–Crippen LogP) is 2.41. The van der Waals surface area contributed by atoms with Crippen LogP contribution in [-0.4, -0.2) is 59.9 Å². The number of fused-ring (bicyclic) bond motifs is 1. The number of nitrogens with zero attached hydrogens (tertiary/aromatic N) is 2. The number of nitrogens with one attached hydrogen (secondary N) is 1. The molecule has 2 aromatic rings. The zero-order valence-corrected chi connectivity index (χ0v) is 18.3. The molecule has 2 heterocycles. The zero-order chi connectivity index (χ0) is 22.9. The maximum atomic E-state index is 13.2. The molecule has 0 bridgehead atoms. The maximum Gasteiger partial charge on any atom is 0.325 e. The summed E-state index contributed by atoms with van der Waals surface area (Å²) in [6.07, 6.45) is 1.33. The van der Waals surface area contributed by atoms with E-state index in [9.17, 15) is 19.2 Å². The molecule has 0 aliphatic carbocycles. The number of esters is 1. The number of imide groups is 1. The molecule has 2 atom stereocenters. The largest absolute Gasteiger partial charge is 0.466 e. The molecule has 32 heavy (non-hydrogen) atoms. The van der Waals surface area contributed by atoms with Crippen molar-refractivity contribution in [3.05, 3.63) is 48.0 Å². The van der Waals surface area contributed by atoms with E-state index in [0.29, 0.717) is 31.6 Å². The number of hydrogen-bond acceptors (Lipinski definition) is 5. The minimum atomic E-state index is -1.25. The standard InChI is InChI=1S/C24H27N3O5/c1-3-32-21(29)18-9-6-12-26(14-18)20(28)15-27-22(30)24(2,25-23(27)31)19-11-10-16-7-4-5-8-17(16)13-19/h4-5,7-8,10-11,13,18H,3,6,9,12,14-15H2,1-2H3,(H,25,31)/t18-,24+/m1/s1. The van der Waals surface area contributed by atoms with Crippen LogP contribution in [0.25, 0.3) is 10.8 Å². The van der Waals surface area contributed by atoms with Gasteiger partial charge in [0.2, 0.25) is 5.91 Å². The van der Waals surface area contributed by atoms with Crippen LogP contribution in [0, 0.1) is 5.92 Å². The van der Waals surface area contributed by atoms with Crippen molar-refractivity contribution in [1.82, 2.24) is 15.1 Å². The third-order valence-corrected chi connectivity index (χ3v) is 6.29. The lowest BCUT2D eigenvalue weighted by Gasteiger charge is -2.32. The van der Waals surface area contributed by atoms with Crippen molar-refractivity contribution >= 4 is 34.6 Å². The van der Waals surface area contributed by atoms with E-state index in [1.54, 1.807) is 13.8 Å². The first-order valence-corrected chi connectivity index (χ1v) is 10.9. The fraction of sp³-hybridized carbons (Fsp3) is 0.417. The summed E-state index contributed by atoms with van der Waals surface area (Å²) >= 11 is 0. The van der Waals surface area contributed by atoms with Crippen LogP contribution < -0.4 is 5.32 Å². The van der Waals surface area contributed by atoms with Gasteiger partial charge in [0, 0.05) is 13.1 Å². The SMILES string of the molecule is CCOC(=O)[C@@H]1CCCN(C(=O)CN2C(=O)N[C@@](C)(c3ccc4ccccc4c3)C2=O)C1. The van der Waals surface area contributed by atoms with Gasteiger partial charge in [-0.05, 0) is 49.1 Å². The molecule has 0 unspecified atom stereocenters. The fourth-order valence-electron chi connectivity index (χ4n) is 4.43. The van der Waals surface area contributed by atoms with Gasteiger partial charge < -0.3 is 15.0 Å². The highest BCUT2D eigenvalue weighted by Gasteiger charge is 2.50. The average molecular weight is 437 g/mol. The van der Waals surface area contributed by atoms with Gasteiger partial charge in [-0.3, -0.25) is 19.3 Å². The number of piperidine rings is 1. The third kappa shape index (κ3) is 3.92. The fourth-order valence-corrected chi connectivity index (χ4v) is 4.43. The number of urea groups is 1. The van der Waals surface area contributed by atoms with Crippen LogP contribution in [0.3, 0.4) is 0 Å². The summed E-state index contributed by atoms with van der Waals surface area (Å²) < 4.78 is 5.08. The zero-order valence-electron chi connectivity index (χ0n) is 18.3. The van der Waals surface area contributed by atoms with E-state index in [1.165, 1.54) is 4.90 Å². The molecule has 2 aliphatic heterocycles. The van der Waals surface area contributed by atoms with E-state index >= 15 is 0 Å². The lowest BCUT2D eigenvalue weighted by molar-refractivity contribution is -0.152. The van der Waals surface area contributed by atoms with Gasteiger partial charge in [-0.25, -0.2) is 4.79 Å². The summed E-state index contributed by atoms with van der Waals surface area (Å²) in [4.78, 5) is 53.4. The summed E-state index contributed by atoms with van der Waals surface area (Å²) in [6, 6.07) is 12.8. The Morgan fingerprint density at radius 2 is 1.91 bits per heavy atom. The summed E-state index contributed by atoms with van der Waals surface area (Å²) in [7, 11) is 0. The van der Waals surface area contributed by atoms with Crippen molar-refractivity contribution in [1.29, 1.82) is 0 Å². The normalized spacial score (nSPS) is 23.4. The molecule has 0 saturated carbocycles. The molecule has 0 radical (unpaired) electrons. The van der Waals surface area contributed by atoms with Gasteiger partial charge >= 0.3 is 12.0 Å². The van der Waals surface area contributed by atoms with E-state index in [0.717, 1.165) is 15.7 Å². The van der Waals surface area contributed by atoms with Gasteiger partial charge in [0.15, 0.2) is 0 Å². The highest BCUT2D eigenvalue weighted by atomic mass is 16.5. The van der Waals surface area contributed by atoms with Crippen molar-refractivity contribution < 1.29 is 23.9 Å². The molecule has 2 aliphatic rings.